The van der Waals surface area contributed by atoms with Crippen LogP contribution in [0, 0.1) is 6.92 Å². The maximum atomic E-state index is 13.6. The zero-order valence-corrected chi connectivity index (χ0v) is 19.7. The smallest absolute Gasteiger partial charge is 0.278 e. The van der Waals surface area contributed by atoms with Crippen LogP contribution in [0.4, 0.5) is 5.82 Å². The second kappa shape index (κ2) is 7.64. The van der Waals surface area contributed by atoms with Crippen LogP contribution in [0.25, 0.3) is 10.9 Å². The van der Waals surface area contributed by atoms with Gasteiger partial charge in [-0.25, -0.2) is 8.42 Å². The zero-order valence-electron chi connectivity index (χ0n) is 18.0. The first-order valence-corrected chi connectivity index (χ1v) is 13.4. The highest BCUT2D eigenvalue weighted by Gasteiger charge is 2.46. The minimum atomic E-state index is -4.40. The summed E-state index contributed by atoms with van der Waals surface area (Å²) in [6.07, 6.45) is 0. The molecule has 170 valence electrons. The number of H-pyrrole nitrogens is 1. The molecule has 1 aliphatic rings. The number of hydrogen-bond donors (Lipinski definition) is 1. The third-order valence-electron chi connectivity index (χ3n) is 5.92. The van der Waals surface area contributed by atoms with Crippen LogP contribution in [0.5, 0.6) is 5.75 Å². The highest BCUT2D eigenvalue weighted by molar-refractivity contribution is 8.10. The Labute approximate surface area is 192 Å². The molecular formula is C24H22N2O5S2. The van der Waals surface area contributed by atoms with Gasteiger partial charge in [-0.1, -0.05) is 54.1 Å². The Morgan fingerprint density at radius 1 is 0.970 bits per heavy atom. The highest BCUT2D eigenvalue weighted by Crippen LogP contribution is 2.48. The maximum absolute atomic E-state index is 13.6. The number of sulfonamides is 2. The lowest BCUT2D eigenvalue weighted by Crippen LogP contribution is -2.43. The molecule has 1 unspecified atom stereocenters. The SMILES string of the molecule is COc1cccc2[nH]c3c(c12)C(c1ccccc1)CS(=O)(=O)N3S(=O)(=O)c1ccc(C)cc1. The van der Waals surface area contributed by atoms with E-state index in [9.17, 15) is 16.8 Å². The van der Waals surface area contributed by atoms with Crippen LogP contribution in [0.2, 0.25) is 0 Å². The number of fused-ring (bicyclic) bond motifs is 3. The lowest BCUT2D eigenvalue weighted by atomic mass is 9.91. The fraction of sp³-hybridized carbons (Fsp3) is 0.167. The van der Waals surface area contributed by atoms with E-state index in [1.807, 2.05) is 37.3 Å². The molecule has 4 aromatic rings. The van der Waals surface area contributed by atoms with Crippen LogP contribution >= 0.6 is 0 Å². The van der Waals surface area contributed by atoms with Gasteiger partial charge in [-0.05, 0) is 36.8 Å². The number of benzene rings is 3. The van der Waals surface area contributed by atoms with Crippen LogP contribution in [0.15, 0.2) is 77.7 Å². The molecule has 3 aromatic carbocycles. The number of aromatic nitrogens is 1. The lowest BCUT2D eigenvalue weighted by Gasteiger charge is -2.32. The van der Waals surface area contributed by atoms with E-state index in [1.54, 1.807) is 30.3 Å². The fourth-order valence-electron chi connectivity index (χ4n) is 4.40. The Kier molecular flexibility index (Phi) is 4.98. The van der Waals surface area contributed by atoms with E-state index in [2.05, 4.69) is 4.98 Å². The predicted molar refractivity (Wildman–Crippen MR) is 128 cm³/mol. The van der Waals surface area contributed by atoms with E-state index in [4.69, 9.17) is 4.74 Å². The monoisotopic (exact) mass is 482 g/mol. The number of aryl methyl sites for hydroxylation is 1. The summed E-state index contributed by atoms with van der Waals surface area (Å²) in [5.41, 5.74) is 2.83. The van der Waals surface area contributed by atoms with Gasteiger partial charge in [0.25, 0.3) is 20.0 Å². The quantitative estimate of drug-likeness (QED) is 0.471. The number of anilines is 1. The molecule has 2 heterocycles. The summed E-state index contributed by atoms with van der Waals surface area (Å²) in [4.78, 5) is 2.98. The molecule has 0 saturated carbocycles. The molecule has 0 spiro atoms. The third-order valence-corrected chi connectivity index (χ3v) is 10.1. The Balaban J connectivity index is 1.84. The minimum Gasteiger partial charge on any atom is -0.496 e. The van der Waals surface area contributed by atoms with Gasteiger partial charge in [0.2, 0.25) is 0 Å². The van der Waals surface area contributed by atoms with Crippen molar-refractivity contribution in [1.29, 1.82) is 0 Å². The summed E-state index contributed by atoms with van der Waals surface area (Å²) in [5.74, 6) is -0.395. The van der Waals surface area contributed by atoms with Gasteiger partial charge in [-0.2, -0.15) is 8.42 Å². The molecule has 0 aliphatic carbocycles. The van der Waals surface area contributed by atoms with Crippen molar-refractivity contribution in [3.05, 3.63) is 89.5 Å². The summed E-state index contributed by atoms with van der Waals surface area (Å²) >= 11 is 0. The topological polar surface area (TPSA) is 96.5 Å². The summed E-state index contributed by atoms with van der Waals surface area (Å²) in [5, 5.41) is 0.669. The van der Waals surface area contributed by atoms with Crippen molar-refractivity contribution in [2.24, 2.45) is 0 Å². The van der Waals surface area contributed by atoms with Crippen LogP contribution < -0.4 is 8.45 Å². The molecule has 33 heavy (non-hydrogen) atoms. The Morgan fingerprint density at radius 2 is 1.67 bits per heavy atom. The zero-order chi connectivity index (χ0) is 23.4. The van der Waals surface area contributed by atoms with Crippen molar-refractivity contribution in [2.75, 3.05) is 16.6 Å². The van der Waals surface area contributed by atoms with Crippen molar-refractivity contribution in [3.8, 4) is 5.75 Å². The van der Waals surface area contributed by atoms with Crippen molar-refractivity contribution in [1.82, 2.24) is 4.98 Å². The van der Waals surface area contributed by atoms with Gasteiger partial charge in [0.1, 0.15) is 11.6 Å². The number of methoxy groups -OCH3 is 1. The van der Waals surface area contributed by atoms with E-state index in [-0.39, 0.29) is 16.5 Å². The molecule has 5 rings (SSSR count). The van der Waals surface area contributed by atoms with E-state index in [1.165, 1.54) is 19.2 Å². The maximum Gasteiger partial charge on any atom is 0.278 e. The average molecular weight is 483 g/mol. The van der Waals surface area contributed by atoms with Crippen LogP contribution in [-0.4, -0.2) is 34.7 Å². The second-order valence-electron chi connectivity index (χ2n) is 8.03. The summed E-state index contributed by atoms with van der Waals surface area (Å²) in [6.45, 7) is 1.83. The highest BCUT2D eigenvalue weighted by atomic mass is 32.3. The first-order chi connectivity index (χ1) is 15.7. The number of nitrogens with zero attached hydrogens (tertiary/aromatic N) is 1. The van der Waals surface area contributed by atoms with Crippen LogP contribution in [-0.2, 0) is 20.0 Å². The molecular weight excluding hydrogens is 460 g/mol. The molecule has 0 radical (unpaired) electrons. The van der Waals surface area contributed by atoms with Gasteiger partial charge >= 0.3 is 0 Å². The number of hydrogen-bond acceptors (Lipinski definition) is 5. The molecule has 0 saturated heterocycles. The average Bonchev–Trinajstić information content (AvgIpc) is 3.17. The van der Waals surface area contributed by atoms with E-state index >= 15 is 0 Å². The molecule has 0 amide bonds. The second-order valence-corrected chi connectivity index (χ2v) is 11.9. The van der Waals surface area contributed by atoms with Gasteiger partial charge < -0.3 is 9.72 Å². The Bertz CT molecular complexity index is 1560. The standard InChI is InChI=1S/C24H22N2O5S2/c1-16-11-13-18(14-12-16)33(29,30)26-24-22(23-20(25-24)9-6-10-21(23)31-2)19(15-32(26,27)28)17-7-4-3-5-8-17/h3-14,19,25H,15H2,1-2H3. The van der Waals surface area contributed by atoms with E-state index < -0.39 is 26.0 Å². The molecule has 1 aromatic heterocycles. The van der Waals surface area contributed by atoms with E-state index in [0.29, 0.717) is 25.9 Å². The first kappa shape index (κ1) is 21.5. The van der Waals surface area contributed by atoms with Crippen LogP contribution in [0.3, 0.4) is 0 Å². The lowest BCUT2D eigenvalue weighted by molar-refractivity contribution is 0.419. The molecule has 1 aliphatic heterocycles. The largest absolute Gasteiger partial charge is 0.496 e. The number of aromatic amines is 1. The minimum absolute atomic E-state index is 0.0233. The van der Waals surface area contributed by atoms with Gasteiger partial charge in [0.15, 0.2) is 0 Å². The van der Waals surface area contributed by atoms with Gasteiger partial charge in [-0.3, -0.25) is 0 Å². The normalized spacial score (nSPS) is 17.6. The van der Waals surface area contributed by atoms with E-state index in [0.717, 1.165) is 11.1 Å². The van der Waals surface area contributed by atoms with Crippen molar-refractivity contribution in [2.45, 2.75) is 17.7 Å². The third kappa shape index (κ3) is 3.39. The number of ether oxygens (including phenoxy) is 1. The van der Waals surface area contributed by atoms with Gasteiger partial charge in [0.05, 0.1) is 23.3 Å². The first-order valence-electron chi connectivity index (χ1n) is 10.3. The number of rotatable bonds is 4. The molecule has 0 fully saturated rings. The number of nitrogens with one attached hydrogen (secondary N) is 1. The van der Waals surface area contributed by atoms with Crippen molar-refractivity contribution in [3.63, 3.8) is 0 Å². The summed E-state index contributed by atoms with van der Waals surface area (Å²) < 4.78 is 60.5. The van der Waals surface area contributed by atoms with Crippen molar-refractivity contribution < 1.29 is 21.6 Å². The fourth-order valence-corrected chi connectivity index (χ4v) is 8.43. The predicted octanol–water partition coefficient (Wildman–Crippen LogP) is 4.16. The van der Waals surface area contributed by atoms with Gasteiger partial charge in [0, 0.05) is 16.9 Å². The summed E-state index contributed by atoms with van der Waals surface area (Å²) in [6, 6.07) is 20.7. The van der Waals surface area contributed by atoms with Gasteiger partial charge in [-0.15, -0.1) is 3.71 Å². The molecule has 7 nitrogen and oxygen atoms in total. The van der Waals surface area contributed by atoms with Crippen LogP contribution in [0.1, 0.15) is 22.6 Å². The Morgan fingerprint density at radius 3 is 2.33 bits per heavy atom. The van der Waals surface area contributed by atoms with Crippen molar-refractivity contribution >= 4 is 36.8 Å². The Hall–Kier alpha value is -3.30. The molecule has 1 atom stereocenters. The molecule has 9 heteroatoms. The summed E-state index contributed by atoms with van der Waals surface area (Å²) in [7, 11) is -7.11. The molecule has 0 bridgehead atoms. The molecule has 1 N–H and O–H groups in total.